The van der Waals surface area contributed by atoms with Crippen molar-refractivity contribution in [3.63, 3.8) is 0 Å². The van der Waals surface area contributed by atoms with Crippen molar-refractivity contribution in [2.75, 3.05) is 5.43 Å². The van der Waals surface area contributed by atoms with Crippen LogP contribution in [-0.4, -0.2) is 15.6 Å². The van der Waals surface area contributed by atoms with Gasteiger partial charge in [-0.25, -0.2) is 4.98 Å². The highest BCUT2D eigenvalue weighted by Gasteiger charge is 2.14. The average Bonchev–Trinajstić information content (AvgIpc) is 2.25. The van der Waals surface area contributed by atoms with Gasteiger partial charge in [-0.05, 0) is 13.0 Å². The van der Waals surface area contributed by atoms with Gasteiger partial charge in [-0.15, -0.1) is 0 Å². The van der Waals surface area contributed by atoms with Gasteiger partial charge in [-0.2, -0.15) is 5.10 Å². The van der Waals surface area contributed by atoms with Gasteiger partial charge >= 0.3 is 0 Å². The topological polar surface area (TPSA) is 80.4 Å². The van der Waals surface area contributed by atoms with Crippen molar-refractivity contribution in [2.45, 2.75) is 27.7 Å². The molecule has 92 valence electrons. The van der Waals surface area contributed by atoms with E-state index < -0.39 is 4.92 Å². The number of hydrazone groups is 1. The monoisotopic (exact) mass is 236 g/mol. The minimum atomic E-state index is -0.486. The molecule has 0 bridgehead atoms. The lowest BCUT2D eigenvalue weighted by molar-refractivity contribution is -0.385. The summed E-state index contributed by atoms with van der Waals surface area (Å²) < 4.78 is 0. The smallest absolute Gasteiger partial charge is 0.261 e. The van der Waals surface area contributed by atoms with E-state index in [1.54, 1.807) is 0 Å². The highest BCUT2D eigenvalue weighted by Crippen LogP contribution is 2.16. The van der Waals surface area contributed by atoms with Crippen LogP contribution in [0, 0.1) is 15.5 Å². The van der Waals surface area contributed by atoms with E-state index in [9.17, 15) is 10.1 Å². The molecule has 1 rings (SSSR count). The zero-order chi connectivity index (χ0) is 13.1. The van der Waals surface area contributed by atoms with E-state index in [-0.39, 0.29) is 11.1 Å². The molecular formula is C11H16N4O2. The van der Waals surface area contributed by atoms with Crippen molar-refractivity contribution in [3.05, 3.63) is 28.4 Å². The summed E-state index contributed by atoms with van der Waals surface area (Å²) in [6.45, 7) is 8.07. The second-order valence-corrected chi connectivity index (χ2v) is 4.72. The molecule has 0 amide bonds. The standard InChI is InChI=1S/C11H16N4O2/c1-8(11(2,3)4)13-14-10-6-5-9(7-12-10)15(16)17/h5-7H,1-4H3,(H,12,14)/b13-8+. The molecule has 1 heterocycles. The third-order valence-corrected chi connectivity index (χ3v) is 2.38. The van der Waals surface area contributed by atoms with Crippen LogP contribution in [0.25, 0.3) is 0 Å². The maximum Gasteiger partial charge on any atom is 0.287 e. The van der Waals surface area contributed by atoms with Crippen molar-refractivity contribution in [1.29, 1.82) is 0 Å². The first-order valence-electron chi connectivity index (χ1n) is 5.22. The van der Waals surface area contributed by atoms with Crippen LogP contribution < -0.4 is 5.43 Å². The number of hydrogen-bond acceptors (Lipinski definition) is 5. The molecule has 1 N–H and O–H groups in total. The number of hydrogen-bond donors (Lipinski definition) is 1. The van der Waals surface area contributed by atoms with Crippen LogP contribution in [0.4, 0.5) is 11.5 Å². The van der Waals surface area contributed by atoms with Gasteiger partial charge < -0.3 is 0 Å². The van der Waals surface area contributed by atoms with E-state index in [0.29, 0.717) is 5.82 Å². The van der Waals surface area contributed by atoms with Gasteiger partial charge in [0.05, 0.1) is 4.92 Å². The van der Waals surface area contributed by atoms with E-state index in [0.717, 1.165) is 5.71 Å². The molecule has 0 fully saturated rings. The Morgan fingerprint density at radius 2 is 2.12 bits per heavy atom. The fourth-order valence-corrected chi connectivity index (χ4v) is 0.869. The molecular weight excluding hydrogens is 220 g/mol. The normalized spacial score (nSPS) is 12.4. The third-order valence-electron chi connectivity index (χ3n) is 2.38. The summed E-state index contributed by atoms with van der Waals surface area (Å²) in [5, 5.41) is 14.6. The van der Waals surface area contributed by atoms with Crippen molar-refractivity contribution >= 4 is 17.2 Å². The Morgan fingerprint density at radius 3 is 2.53 bits per heavy atom. The molecule has 6 nitrogen and oxygen atoms in total. The molecule has 0 saturated heterocycles. The van der Waals surface area contributed by atoms with Crippen molar-refractivity contribution in [2.24, 2.45) is 10.5 Å². The number of aromatic nitrogens is 1. The molecule has 17 heavy (non-hydrogen) atoms. The Bertz CT molecular complexity index is 432. The van der Waals surface area contributed by atoms with Crippen LogP contribution in [0.1, 0.15) is 27.7 Å². The number of anilines is 1. The van der Waals surface area contributed by atoms with E-state index in [4.69, 9.17) is 0 Å². The summed E-state index contributed by atoms with van der Waals surface area (Å²) in [4.78, 5) is 13.8. The molecule has 6 heteroatoms. The minimum Gasteiger partial charge on any atom is -0.261 e. The molecule has 0 radical (unpaired) electrons. The maximum absolute atomic E-state index is 10.4. The van der Waals surface area contributed by atoms with E-state index >= 15 is 0 Å². The van der Waals surface area contributed by atoms with Gasteiger partial charge in [0.25, 0.3) is 5.69 Å². The van der Waals surface area contributed by atoms with Gasteiger partial charge in [0.2, 0.25) is 0 Å². The van der Waals surface area contributed by atoms with E-state index in [2.05, 4.69) is 36.3 Å². The molecule has 0 aliphatic carbocycles. The van der Waals surface area contributed by atoms with Crippen LogP contribution in [0.3, 0.4) is 0 Å². The molecule has 1 aromatic heterocycles. The first-order valence-corrected chi connectivity index (χ1v) is 5.22. The van der Waals surface area contributed by atoms with E-state index in [1.165, 1.54) is 18.3 Å². The summed E-state index contributed by atoms with van der Waals surface area (Å²) in [6, 6.07) is 2.91. The number of nitrogens with zero attached hydrogens (tertiary/aromatic N) is 3. The predicted octanol–water partition coefficient (Wildman–Crippen LogP) is 2.82. The highest BCUT2D eigenvalue weighted by atomic mass is 16.6. The molecule has 0 aliphatic heterocycles. The van der Waals surface area contributed by atoms with Gasteiger partial charge in [-0.3, -0.25) is 15.5 Å². The fraction of sp³-hybridized carbons (Fsp3) is 0.455. The lowest BCUT2D eigenvalue weighted by Gasteiger charge is -2.17. The lowest BCUT2D eigenvalue weighted by atomic mass is 9.91. The quantitative estimate of drug-likeness (QED) is 0.497. The molecule has 0 aliphatic rings. The molecule has 0 saturated carbocycles. The molecule has 0 unspecified atom stereocenters. The Kier molecular flexibility index (Phi) is 3.77. The summed E-state index contributed by atoms with van der Waals surface area (Å²) in [5.41, 5.74) is 3.64. The van der Waals surface area contributed by atoms with Crippen LogP contribution in [-0.2, 0) is 0 Å². The zero-order valence-corrected chi connectivity index (χ0v) is 10.4. The second kappa shape index (κ2) is 4.90. The number of pyridine rings is 1. The second-order valence-electron chi connectivity index (χ2n) is 4.72. The van der Waals surface area contributed by atoms with Gasteiger partial charge in [0, 0.05) is 17.2 Å². The highest BCUT2D eigenvalue weighted by molar-refractivity contribution is 5.87. The van der Waals surface area contributed by atoms with Gasteiger partial charge in [-0.1, -0.05) is 20.8 Å². The minimum absolute atomic E-state index is 0.0201. The largest absolute Gasteiger partial charge is 0.287 e. The van der Waals surface area contributed by atoms with Crippen LogP contribution >= 0.6 is 0 Å². The van der Waals surface area contributed by atoms with Crippen LogP contribution in [0.15, 0.2) is 23.4 Å². The summed E-state index contributed by atoms with van der Waals surface area (Å²) in [7, 11) is 0. The summed E-state index contributed by atoms with van der Waals surface area (Å²) in [6.07, 6.45) is 1.20. The summed E-state index contributed by atoms with van der Waals surface area (Å²) in [5.74, 6) is 0.485. The molecule has 0 spiro atoms. The third kappa shape index (κ3) is 3.82. The maximum atomic E-state index is 10.4. The Balaban J connectivity index is 2.74. The predicted molar refractivity (Wildman–Crippen MR) is 67.1 cm³/mol. The van der Waals surface area contributed by atoms with Crippen LogP contribution in [0.5, 0.6) is 0 Å². The van der Waals surface area contributed by atoms with Crippen molar-refractivity contribution in [3.8, 4) is 0 Å². The Labute approximate surface area is 99.9 Å². The Morgan fingerprint density at radius 1 is 1.47 bits per heavy atom. The molecule has 0 atom stereocenters. The molecule has 1 aromatic rings. The van der Waals surface area contributed by atoms with Gasteiger partial charge in [0.1, 0.15) is 12.0 Å². The van der Waals surface area contributed by atoms with Gasteiger partial charge in [0.15, 0.2) is 0 Å². The average molecular weight is 236 g/mol. The number of nitrogens with one attached hydrogen (secondary N) is 1. The van der Waals surface area contributed by atoms with Crippen LogP contribution in [0.2, 0.25) is 0 Å². The summed E-state index contributed by atoms with van der Waals surface area (Å²) >= 11 is 0. The first-order chi connectivity index (χ1) is 7.80. The van der Waals surface area contributed by atoms with Crippen molar-refractivity contribution < 1.29 is 4.92 Å². The Hall–Kier alpha value is -1.98. The molecule has 0 aromatic carbocycles. The lowest BCUT2D eigenvalue weighted by Crippen LogP contribution is -2.18. The number of rotatable bonds is 3. The zero-order valence-electron chi connectivity index (χ0n) is 10.4. The SMILES string of the molecule is C/C(=N\Nc1ccc([N+](=O)[O-])cn1)C(C)(C)C. The van der Waals surface area contributed by atoms with Crippen molar-refractivity contribution in [1.82, 2.24) is 4.98 Å². The number of nitro groups is 1. The first kappa shape index (κ1) is 13.1. The van der Waals surface area contributed by atoms with E-state index in [1.807, 2.05) is 6.92 Å². The fourth-order valence-electron chi connectivity index (χ4n) is 0.869.